The van der Waals surface area contributed by atoms with Crippen LogP contribution in [-0.4, -0.2) is 11.2 Å². The van der Waals surface area contributed by atoms with Gasteiger partial charge in [0, 0.05) is 0 Å². The first kappa shape index (κ1) is 13.6. The smallest absolute Gasteiger partial charge is 0.0548 e. The molecule has 0 saturated heterocycles. The normalized spacial score (nSPS) is 58.6. The van der Waals surface area contributed by atoms with Crippen LogP contribution >= 0.6 is 0 Å². The Morgan fingerprint density at radius 1 is 0.900 bits per heavy atom. The lowest BCUT2D eigenvalue weighted by Gasteiger charge is -2.60. The number of aliphatic hydroxyl groups is 1. The lowest BCUT2D eigenvalue weighted by Crippen LogP contribution is -2.51. The molecule has 0 aromatic carbocycles. The SMILES string of the molecule is C[C@]12CC[C@@H]3[C@H](CC[C@H]4CCCC[C@@]43C)[C@@H]1C[C@@H](O)C2. The highest BCUT2D eigenvalue weighted by molar-refractivity contribution is 5.07. The standard InChI is InChI=1S/C19H32O/c1-18-10-8-16-15(17(18)11-14(20)12-18)7-6-13-5-3-4-9-19(13,16)2/h13-17,20H,3-12H2,1-2H3/t13-,14-,15+,16-,17+,18-,19+/m1/s1. The molecule has 0 aromatic rings. The first-order chi connectivity index (χ1) is 9.53. The first-order valence-corrected chi connectivity index (χ1v) is 9.21. The third kappa shape index (κ3) is 1.77. The van der Waals surface area contributed by atoms with Crippen LogP contribution in [0.25, 0.3) is 0 Å². The van der Waals surface area contributed by atoms with Gasteiger partial charge in [-0.2, -0.15) is 0 Å². The van der Waals surface area contributed by atoms with E-state index in [1.54, 1.807) is 0 Å². The van der Waals surface area contributed by atoms with Crippen molar-refractivity contribution >= 4 is 0 Å². The Morgan fingerprint density at radius 3 is 2.60 bits per heavy atom. The second-order valence-corrected chi connectivity index (χ2v) is 9.19. The molecule has 4 rings (SSSR count). The maximum Gasteiger partial charge on any atom is 0.0548 e. The topological polar surface area (TPSA) is 20.2 Å². The van der Waals surface area contributed by atoms with Crippen LogP contribution < -0.4 is 0 Å². The zero-order chi connectivity index (χ0) is 14.0. The van der Waals surface area contributed by atoms with Gasteiger partial charge in [0.15, 0.2) is 0 Å². The van der Waals surface area contributed by atoms with Gasteiger partial charge in [-0.1, -0.05) is 26.7 Å². The molecule has 4 aliphatic rings. The van der Waals surface area contributed by atoms with Gasteiger partial charge in [-0.15, -0.1) is 0 Å². The largest absolute Gasteiger partial charge is 0.393 e. The van der Waals surface area contributed by atoms with Crippen molar-refractivity contribution in [2.75, 3.05) is 0 Å². The molecule has 0 radical (unpaired) electrons. The Bertz CT molecular complexity index is 391. The summed E-state index contributed by atoms with van der Waals surface area (Å²) < 4.78 is 0. The molecule has 1 nitrogen and oxygen atoms in total. The van der Waals surface area contributed by atoms with Gasteiger partial charge in [-0.25, -0.2) is 0 Å². The van der Waals surface area contributed by atoms with Crippen LogP contribution in [0.15, 0.2) is 0 Å². The molecule has 4 saturated carbocycles. The summed E-state index contributed by atoms with van der Waals surface area (Å²) in [5, 5.41) is 10.2. The molecule has 20 heavy (non-hydrogen) atoms. The molecule has 0 heterocycles. The molecule has 7 atom stereocenters. The fraction of sp³-hybridized carbons (Fsp3) is 1.00. The molecule has 1 N–H and O–H groups in total. The van der Waals surface area contributed by atoms with E-state index in [0.717, 1.165) is 36.5 Å². The van der Waals surface area contributed by atoms with Crippen molar-refractivity contribution < 1.29 is 5.11 Å². The van der Waals surface area contributed by atoms with Crippen molar-refractivity contribution in [1.29, 1.82) is 0 Å². The first-order valence-electron chi connectivity index (χ1n) is 9.21. The summed E-state index contributed by atoms with van der Waals surface area (Å²) in [6.07, 6.45) is 13.9. The van der Waals surface area contributed by atoms with Crippen LogP contribution in [0.4, 0.5) is 0 Å². The third-order valence-electron chi connectivity index (χ3n) is 8.33. The number of rotatable bonds is 0. The van der Waals surface area contributed by atoms with E-state index >= 15 is 0 Å². The summed E-state index contributed by atoms with van der Waals surface area (Å²) in [6, 6.07) is 0. The molecule has 1 heteroatoms. The predicted octanol–water partition coefficient (Wildman–Crippen LogP) is 4.78. The molecule has 0 amide bonds. The van der Waals surface area contributed by atoms with E-state index < -0.39 is 0 Å². The van der Waals surface area contributed by atoms with Crippen molar-refractivity contribution in [2.24, 2.45) is 34.5 Å². The molecule has 0 spiro atoms. The monoisotopic (exact) mass is 276 g/mol. The minimum atomic E-state index is 0.000588. The van der Waals surface area contributed by atoms with E-state index in [4.69, 9.17) is 0 Å². The Morgan fingerprint density at radius 2 is 1.75 bits per heavy atom. The van der Waals surface area contributed by atoms with Gasteiger partial charge < -0.3 is 5.11 Å². The van der Waals surface area contributed by atoms with Gasteiger partial charge in [-0.05, 0) is 85.9 Å². The van der Waals surface area contributed by atoms with Crippen LogP contribution in [0.1, 0.15) is 78.1 Å². The van der Waals surface area contributed by atoms with Crippen molar-refractivity contribution in [2.45, 2.75) is 84.2 Å². The maximum absolute atomic E-state index is 10.2. The van der Waals surface area contributed by atoms with E-state index in [-0.39, 0.29) is 6.10 Å². The predicted molar refractivity (Wildman–Crippen MR) is 82.4 cm³/mol. The molecule has 0 aromatic heterocycles. The lowest BCUT2D eigenvalue weighted by atomic mass is 9.45. The zero-order valence-corrected chi connectivity index (χ0v) is 13.4. The molecular weight excluding hydrogens is 244 g/mol. The van der Waals surface area contributed by atoms with E-state index in [9.17, 15) is 5.11 Å². The molecule has 4 aliphatic carbocycles. The van der Waals surface area contributed by atoms with E-state index in [1.165, 1.54) is 51.4 Å². The summed E-state index contributed by atoms with van der Waals surface area (Å²) in [5.41, 5.74) is 1.12. The highest BCUT2D eigenvalue weighted by Gasteiger charge is 2.58. The average Bonchev–Trinajstić information content (AvgIpc) is 2.72. The molecule has 0 bridgehead atoms. The number of hydrogen-bond acceptors (Lipinski definition) is 1. The Kier molecular flexibility index (Phi) is 3.05. The Labute approximate surface area is 124 Å². The number of hydrogen-bond donors (Lipinski definition) is 1. The van der Waals surface area contributed by atoms with Crippen molar-refractivity contribution in [3.63, 3.8) is 0 Å². The van der Waals surface area contributed by atoms with Crippen LogP contribution in [0.5, 0.6) is 0 Å². The van der Waals surface area contributed by atoms with Crippen molar-refractivity contribution in [1.82, 2.24) is 0 Å². The molecule has 0 aliphatic heterocycles. The second kappa shape index (κ2) is 4.48. The summed E-state index contributed by atoms with van der Waals surface area (Å²) in [5.74, 6) is 3.76. The highest BCUT2D eigenvalue weighted by atomic mass is 16.3. The van der Waals surface area contributed by atoms with Crippen LogP contribution in [0.3, 0.4) is 0 Å². The fourth-order valence-corrected chi connectivity index (χ4v) is 7.32. The molecule has 4 fully saturated rings. The van der Waals surface area contributed by atoms with Gasteiger partial charge in [0.1, 0.15) is 0 Å². The summed E-state index contributed by atoms with van der Waals surface area (Å²) in [6.45, 7) is 5.13. The van der Waals surface area contributed by atoms with E-state index in [2.05, 4.69) is 13.8 Å². The Balaban J connectivity index is 1.64. The number of fused-ring (bicyclic) bond motifs is 5. The van der Waals surface area contributed by atoms with Crippen molar-refractivity contribution in [3.8, 4) is 0 Å². The lowest BCUT2D eigenvalue weighted by molar-refractivity contribution is -0.103. The minimum absolute atomic E-state index is 0.000588. The van der Waals surface area contributed by atoms with Crippen LogP contribution in [0, 0.1) is 34.5 Å². The summed E-state index contributed by atoms with van der Waals surface area (Å²) >= 11 is 0. The summed E-state index contributed by atoms with van der Waals surface area (Å²) in [7, 11) is 0. The minimum Gasteiger partial charge on any atom is -0.393 e. The van der Waals surface area contributed by atoms with Gasteiger partial charge in [0.25, 0.3) is 0 Å². The van der Waals surface area contributed by atoms with Gasteiger partial charge in [0.2, 0.25) is 0 Å². The van der Waals surface area contributed by atoms with Crippen LogP contribution in [0.2, 0.25) is 0 Å². The highest BCUT2D eigenvalue weighted by Crippen LogP contribution is 2.66. The molecule has 0 unspecified atom stereocenters. The summed E-state index contributed by atoms with van der Waals surface area (Å²) in [4.78, 5) is 0. The van der Waals surface area contributed by atoms with Gasteiger partial charge >= 0.3 is 0 Å². The molecule has 114 valence electrons. The third-order valence-corrected chi connectivity index (χ3v) is 8.33. The number of aliphatic hydroxyl groups excluding tert-OH is 1. The van der Waals surface area contributed by atoms with Gasteiger partial charge in [-0.3, -0.25) is 0 Å². The zero-order valence-electron chi connectivity index (χ0n) is 13.4. The fourth-order valence-electron chi connectivity index (χ4n) is 7.32. The van der Waals surface area contributed by atoms with E-state index in [1.807, 2.05) is 0 Å². The quantitative estimate of drug-likeness (QED) is 0.675. The van der Waals surface area contributed by atoms with E-state index in [0.29, 0.717) is 10.8 Å². The molecular formula is C19H32O. The average molecular weight is 276 g/mol. The maximum atomic E-state index is 10.2. The van der Waals surface area contributed by atoms with Crippen LogP contribution in [-0.2, 0) is 0 Å². The van der Waals surface area contributed by atoms with Gasteiger partial charge in [0.05, 0.1) is 6.10 Å². The van der Waals surface area contributed by atoms with Crippen molar-refractivity contribution in [3.05, 3.63) is 0 Å². The second-order valence-electron chi connectivity index (χ2n) is 9.19. The Hall–Kier alpha value is -0.0400.